The van der Waals surface area contributed by atoms with Gasteiger partial charge < -0.3 is 9.47 Å². The maximum atomic E-state index is 11.2. The summed E-state index contributed by atoms with van der Waals surface area (Å²) in [7, 11) is 0. The van der Waals surface area contributed by atoms with Gasteiger partial charge in [0.2, 0.25) is 0 Å². The van der Waals surface area contributed by atoms with Crippen LogP contribution in [0, 0.1) is 35.5 Å². The summed E-state index contributed by atoms with van der Waals surface area (Å²) in [6.45, 7) is 7.44. The van der Waals surface area contributed by atoms with Crippen molar-refractivity contribution in [2.24, 2.45) is 10.8 Å². The lowest BCUT2D eigenvalue weighted by Gasteiger charge is -2.19. The largest absolute Gasteiger partial charge is 0.508 e. The predicted octanol–water partition coefficient (Wildman–Crippen LogP) is 2.46. The molecule has 0 radical (unpaired) electrons. The Morgan fingerprint density at radius 2 is 1.31 bits per heavy atom. The molecule has 0 unspecified atom stereocenters. The highest BCUT2D eigenvalue weighted by Crippen LogP contribution is 2.15. The van der Waals surface area contributed by atoms with Gasteiger partial charge in [-0.1, -0.05) is 11.8 Å². The molecule has 0 atom stereocenters. The molecule has 0 N–H and O–H groups in total. The fourth-order valence-corrected chi connectivity index (χ4v) is 0.604. The Labute approximate surface area is 97.5 Å². The molecule has 0 aromatic rings. The molecule has 3 nitrogen and oxygen atoms in total. The molecule has 0 rings (SSSR count). The zero-order valence-electron chi connectivity index (χ0n) is 10.3. The third kappa shape index (κ3) is 5.98. The topological polar surface area (TPSA) is 35.5 Å². The number of rotatable bonds is 4. The first-order chi connectivity index (χ1) is 7.22. The van der Waals surface area contributed by atoms with E-state index in [2.05, 4.69) is 11.8 Å². The van der Waals surface area contributed by atoms with Crippen LogP contribution in [-0.2, 0) is 9.47 Å². The zero-order chi connectivity index (χ0) is 12.8. The first kappa shape index (κ1) is 14.4. The minimum atomic E-state index is -0.744. The molecule has 0 bridgehead atoms. The molecule has 16 heavy (non-hydrogen) atoms. The highest BCUT2D eigenvalue weighted by Gasteiger charge is 2.20. The molecule has 3 heteroatoms. The van der Waals surface area contributed by atoms with Crippen LogP contribution in [0.15, 0.2) is 0 Å². The lowest BCUT2D eigenvalue weighted by atomic mass is 9.96. The Morgan fingerprint density at radius 1 is 1.00 bits per heavy atom. The van der Waals surface area contributed by atoms with Crippen LogP contribution in [-0.4, -0.2) is 19.4 Å². The summed E-state index contributed by atoms with van der Waals surface area (Å²) >= 11 is 0. The van der Waals surface area contributed by atoms with Crippen molar-refractivity contribution >= 4 is 6.16 Å². The third-order valence-electron chi connectivity index (χ3n) is 1.88. The molecule has 0 aliphatic heterocycles. The minimum Gasteiger partial charge on any atom is -0.433 e. The SMILES string of the molecule is C#CC(C)(C)COC(=O)OCC(C)(C)C#C. The molecule has 0 aromatic heterocycles. The fraction of sp³-hybridized carbons (Fsp3) is 0.615. The van der Waals surface area contributed by atoms with E-state index < -0.39 is 17.0 Å². The second-order valence-electron chi connectivity index (χ2n) is 4.88. The molecule has 0 aliphatic rings. The van der Waals surface area contributed by atoms with E-state index in [1.165, 1.54) is 0 Å². The van der Waals surface area contributed by atoms with Crippen molar-refractivity contribution in [3.63, 3.8) is 0 Å². The summed E-state index contributed by atoms with van der Waals surface area (Å²) in [6.07, 6.45) is 9.75. The number of carbonyl (C=O) groups excluding carboxylic acids is 1. The number of hydrogen-bond acceptors (Lipinski definition) is 3. The molecule has 0 heterocycles. The summed E-state index contributed by atoms with van der Waals surface area (Å²) in [6, 6.07) is 0. The van der Waals surface area contributed by atoms with Crippen molar-refractivity contribution in [1.82, 2.24) is 0 Å². The maximum absolute atomic E-state index is 11.2. The third-order valence-corrected chi connectivity index (χ3v) is 1.88. The molecule has 88 valence electrons. The van der Waals surface area contributed by atoms with Gasteiger partial charge in [0.1, 0.15) is 13.2 Å². The van der Waals surface area contributed by atoms with Crippen LogP contribution in [0.3, 0.4) is 0 Å². The molecule has 0 aliphatic carbocycles. The van der Waals surface area contributed by atoms with Gasteiger partial charge in [0.25, 0.3) is 0 Å². The average molecular weight is 222 g/mol. The van der Waals surface area contributed by atoms with E-state index in [-0.39, 0.29) is 13.2 Å². The molecule has 0 spiro atoms. The smallest absolute Gasteiger partial charge is 0.433 e. The molecule has 0 fully saturated rings. The fourth-order valence-electron chi connectivity index (χ4n) is 0.604. The highest BCUT2D eigenvalue weighted by molar-refractivity contribution is 5.60. The van der Waals surface area contributed by atoms with E-state index in [0.717, 1.165) is 0 Å². The predicted molar refractivity (Wildman–Crippen MR) is 62.5 cm³/mol. The summed E-state index contributed by atoms with van der Waals surface area (Å²) < 4.78 is 9.73. The van der Waals surface area contributed by atoms with Crippen LogP contribution in [0.5, 0.6) is 0 Å². The van der Waals surface area contributed by atoms with Crippen molar-refractivity contribution in [1.29, 1.82) is 0 Å². The van der Waals surface area contributed by atoms with Gasteiger partial charge in [-0.15, -0.1) is 12.8 Å². The number of terminal acetylenes is 2. The van der Waals surface area contributed by atoms with E-state index in [1.54, 1.807) is 27.7 Å². The van der Waals surface area contributed by atoms with Crippen molar-refractivity contribution in [2.45, 2.75) is 27.7 Å². The molecule has 0 amide bonds. The van der Waals surface area contributed by atoms with E-state index in [1.807, 2.05) is 0 Å². The molecule has 0 saturated heterocycles. The lowest BCUT2D eigenvalue weighted by molar-refractivity contribution is 0.0263. The monoisotopic (exact) mass is 222 g/mol. The van der Waals surface area contributed by atoms with Gasteiger partial charge in [0.15, 0.2) is 0 Å². The van der Waals surface area contributed by atoms with Crippen LogP contribution < -0.4 is 0 Å². The quantitative estimate of drug-likeness (QED) is 0.541. The van der Waals surface area contributed by atoms with Crippen molar-refractivity contribution in [3.05, 3.63) is 0 Å². The van der Waals surface area contributed by atoms with Gasteiger partial charge in [0, 0.05) is 0 Å². The number of carbonyl (C=O) groups is 1. The van der Waals surface area contributed by atoms with E-state index in [4.69, 9.17) is 22.3 Å². The zero-order valence-corrected chi connectivity index (χ0v) is 10.3. The molecule has 0 aromatic carbocycles. The normalized spacial score (nSPS) is 11.1. The van der Waals surface area contributed by atoms with Crippen molar-refractivity contribution in [3.8, 4) is 24.7 Å². The Kier molecular flexibility index (Phi) is 4.92. The molecular formula is C13H18O3. The van der Waals surface area contributed by atoms with Crippen molar-refractivity contribution in [2.75, 3.05) is 13.2 Å². The Hall–Kier alpha value is -1.61. The summed E-state index contributed by atoms with van der Waals surface area (Å²) in [4.78, 5) is 11.2. The van der Waals surface area contributed by atoms with Crippen LogP contribution >= 0.6 is 0 Å². The first-order valence-corrected chi connectivity index (χ1v) is 4.97. The van der Waals surface area contributed by atoms with Crippen LogP contribution in [0.1, 0.15) is 27.7 Å². The average Bonchev–Trinajstić information content (AvgIpc) is 2.24. The lowest BCUT2D eigenvalue weighted by Crippen LogP contribution is -2.24. The van der Waals surface area contributed by atoms with Crippen LogP contribution in [0.4, 0.5) is 4.79 Å². The Balaban J connectivity index is 3.96. The summed E-state index contributed by atoms with van der Waals surface area (Å²) in [5.74, 6) is 5.03. The van der Waals surface area contributed by atoms with Crippen LogP contribution in [0.2, 0.25) is 0 Å². The highest BCUT2D eigenvalue weighted by atomic mass is 16.7. The van der Waals surface area contributed by atoms with Gasteiger partial charge in [-0.2, -0.15) is 0 Å². The standard InChI is InChI=1S/C13H18O3/c1-7-12(3,4)9-15-11(14)16-10-13(5,6)8-2/h1-2H,9-10H2,3-6H3. The van der Waals surface area contributed by atoms with E-state index in [9.17, 15) is 4.79 Å². The maximum Gasteiger partial charge on any atom is 0.508 e. The van der Waals surface area contributed by atoms with Gasteiger partial charge in [-0.05, 0) is 27.7 Å². The molecular weight excluding hydrogens is 204 g/mol. The molecule has 0 saturated carbocycles. The second kappa shape index (κ2) is 5.47. The summed E-state index contributed by atoms with van der Waals surface area (Å²) in [5, 5.41) is 0. The van der Waals surface area contributed by atoms with Gasteiger partial charge in [-0.25, -0.2) is 4.79 Å². The van der Waals surface area contributed by atoms with Crippen molar-refractivity contribution < 1.29 is 14.3 Å². The van der Waals surface area contributed by atoms with Gasteiger partial charge in [0.05, 0.1) is 10.8 Å². The Bertz CT molecular complexity index is 294. The first-order valence-electron chi connectivity index (χ1n) is 4.97. The van der Waals surface area contributed by atoms with Gasteiger partial charge in [-0.3, -0.25) is 0 Å². The van der Waals surface area contributed by atoms with Gasteiger partial charge >= 0.3 is 6.16 Å². The van der Waals surface area contributed by atoms with Crippen LogP contribution in [0.25, 0.3) is 0 Å². The second-order valence-corrected chi connectivity index (χ2v) is 4.88. The number of ether oxygens (including phenoxy) is 2. The van der Waals surface area contributed by atoms with E-state index >= 15 is 0 Å². The minimum absolute atomic E-state index is 0.124. The Morgan fingerprint density at radius 3 is 1.56 bits per heavy atom. The summed E-state index contributed by atoms with van der Waals surface area (Å²) in [5.41, 5.74) is -0.971. The number of hydrogen-bond donors (Lipinski definition) is 0. The van der Waals surface area contributed by atoms with E-state index in [0.29, 0.717) is 0 Å².